The van der Waals surface area contributed by atoms with Crippen molar-refractivity contribution in [3.05, 3.63) is 84.8 Å². The first kappa shape index (κ1) is 22.5. The number of hydrogen-bond acceptors (Lipinski definition) is 5. The summed E-state index contributed by atoms with van der Waals surface area (Å²) < 4.78 is 21.0. The van der Waals surface area contributed by atoms with Crippen LogP contribution in [0.2, 0.25) is 0 Å². The Kier molecular flexibility index (Phi) is 6.55. The van der Waals surface area contributed by atoms with E-state index in [-0.39, 0.29) is 10.7 Å². The van der Waals surface area contributed by atoms with Gasteiger partial charge < -0.3 is 19.3 Å². The van der Waals surface area contributed by atoms with Crippen molar-refractivity contribution in [3.8, 4) is 0 Å². The summed E-state index contributed by atoms with van der Waals surface area (Å²) in [6.07, 6.45) is 8.15. The second kappa shape index (κ2) is 9.90. The van der Waals surface area contributed by atoms with Crippen molar-refractivity contribution in [1.82, 2.24) is 24.4 Å². The molecule has 0 radical (unpaired) electrons. The summed E-state index contributed by atoms with van der Waals surface area (Å²) in [6, 6.07) is 5.83. The second-order valence-electron chi connectivity index (χ2n) is 8.87. The number of aryl methyl sites for hydroxylation is 1. The van der Waals surface area contributed by atoms with Crippen LogP contribution >= 0.6 is 0 Å². The molecule has 3 aromatic rings. The molecule has 1 aliphatic heterocycles. The number of hydrogen-bond donors (Lipinski definition) is 2. The fraction of sp³-hybridized carbons (Fsp3) is 0.400. The van der Waals surface area contributed by atoms with E-state index in [1.807, 2.05) is 6.33 Å². The van der Waals surface area contributed by atoms with Crippen LogP contribution in [0, 0.1) is 5.82 Å². The van der Waals surface area contributed by atoms with Crippen LogP contribution < -0.4 is 21.8 Å². The van der Waals surface area contributed by atoms with Crippen molar-refractivity contribution in [2.24, 2.45) is 0 Å². The van der Waals surface area contributed by atoms with Gasteiger partial charge in [-0.2, -0.15) is 0 Å². The van der Waals surface area contributed by atoms with Crippen LogP contribution in [0.4, 0.5) is 4.39 Å². The van der Waals surface area contributed by atoms with E-state index in [1.54, 1.807) is 18.2 Å². The van der Waals surface area contributed by atoms with Gasteiger partial charge in [0.05, 0.1) is 25.2 Å². The lowest BCUT2D eigenvalue weighted by Gasteiger charge is -2.26. The van der Waals surface area contributed by atoms with E-state index in [2.05, 4.69) is 24.4 Å². The highest BCUT2D eigenvalue weighted by atomic mass is 19.1. The van der Waals surface area contributed by atoms with E-state index in [0.717, 1.165) is 70.0 Å². The Bertz CT molecular complexity index is 1400. The van der Waals surface area contributed by atoms with Crippen LogP contribution in [0.5, 0.6) is 0 Å². The molecule has 1 saturated carbocycles. The van der Waals surface area contributed by atoms with Gasteiger partial charge in [0.1, 0.15) is 16.5 Å². The molecule has 3 heterocycles. The molecule has 0 unspecified atom stereocenters. The van der Waals surface area contributed by atoms with Gasteiger partial charge in [-0.3, -0.25) is 14.5 Å². The normalized spacial score (nSPS) is 18.0. The number of morpholine rings is 1. The molecule has 2 fully saturated rings. The smallest absolute Gasteiger partial charge is 0.272 e. The Labute approximate surface area is 195 Å². The molecule has 9 heteroatoms. The lowest BCUT2D eigenvalue weighted by Crippen LogP contribution is -2.46. The molecule has 5 rings (SSSR count). The van der Waals surface area contributed by atoms with Gasteiger partial charge in [0.15, 0.2) is 0 Å². The number of nitrogens with zero attached hydrogens (tertiary/aromatic N) is 3. The SMILES string of the molecule is O=c1[nH]/c(=C\c2ncn(CCCN3CCOCC3)c2C2CC2)c(=O)[nH]/c1=C\c1cccc(F)c1. The summed E-state index contributed by atoms with van der Waals surface area (Å²) in [7, 11) is 0. The third-order valence-corrected chi connectivity index (χ3v) is 6.28. The number of halogens is 1. The van der Waals surface area contributed by atoms with Crippen LogP contribution in [0.15, 0.2) is 40.2 Å². The number of imidazole rings is 1. The van der Waals surface area contributed by atoms with Crippen LogP contribution in [0.3, 0.4) is 0 Å². The number of rotatable bonds is 7. The van der Waals surface area contributed by atoms with Crippen molar-refractivity contribution < 1.29 is 9.13 Å². The highest BCUT2D eigenvalue weighted by Crippen LogP contribution is 2.41. The van der Waals surface area contributed by atoms with Gasteiger partial charge in [-0.05, 0) is 49.1 Å². The van der Waals surface area contributed by atoms with E-state index in [4.69, 9.17) is 4.74 Å². The fourth-order valence-corrected chi connectivity index (χ4v) is 4.38. The standard InChI is InChI=1S/C25H28FN5O3/c26-19-4-1-3-17(13-19)14-21-24(32)29-22(25(33)28-21)15-20-23(18-5-6-18)31(16-27-20)8-2-7-30-9-11-34-12-10-30/h1,3-4,13-16,18H,2,5-12H2,(H,28,33)(H,29,32)/b21-14-,22-15-. The minimum absolute atomic E-state index is 0.0730. The number of aromatic nitrogens is 4. The summed E-state index contributed by atoms with van der Waals surface area (Å²) in [5.74, 6) is 0.0224. The minimum Gasteiger partial charge on any atom is -0.379 e. The van der Waals surface area contributed by atoms with Gasteiger partial charge in [-0.15, -0.1) is 0 Å². The number of nitrogens with one attached hydrogen (secondary N) is 2. The Morgan fingerprint density at radius 1 is 1.06 bits per heavy atom. The van der Waals surface area contributed by atoms with Crippen molar-refractivity contribution in [3.63, 3.8) is 0 Å². The maximum Gasteiger partial charge on any atom is 0.272 e. The lowest BCUT2D eigenvalue weighted by atomic mass is 10.2. The zero-order valence-electron chi connectivity index (χ0n) is 18.9. The number of ether oxygens (including phenoxy) is 1. The topological polar surface area (TPSA) is 96.0 Å². The van der Waals surface area contributed by atoms with Crippen LogP contribution in [0.25, 0.3) is 12.2 Å². The second-order valence-corrected chi connectivity index (χ2v) is 8.87. The monoisotopic (exact) mass is 465 g/mol. The summed E-state index contributed by atoms with van der Waals surface area (Å²) in [5, 5.41) is 0.227. The zero-order valence-corrected chi connectivity index (χ0v) is 18.9. The van der Waals surface area contributed by atoms with Gasteiger partial charge in [0.2, 0.25) is 0 Å². The zero-order chi connectivity index (χ0) is 23.5. The molecule has 0 atom stereocenters. The summed E-state index contributed by atoms with van der Waals surface area (Å²) in [5.41, 5.74) is 1.46. The van der Waals surface area contributed by atoms with Gasteiger partial charge in [-0.25, -0.2) is 9.37 Å². The predicted molar refractivity (Wildman–Crippen MR) is 127 cm³/mol. The van der Waals surface area contributed by atoms with Gasteiger partial charge in [0, 0.05) is 37.8 Å². The van der Waals surface area contributed by atoms with Gasteiger partial charge in [-0.1, -0.05) is 12.1 Å². The van der Waals surface area contributed by atoms with E-state index in [9.17, 15) is 14.0 Å². The fourth-order valence-electron chi connectivity index (χ4n) is 4.38. The van der Waals surface area contributed by atoms with E-state index < -0.39 is 16.9 Å². The molecule has 2 N–H and O–H groups in total. The molecule has 2 aromatic heterocycles. The summed E-state index contributed by atoms with van der Waals surface area (Å²) >= 11 is 0. The Hall–Kier alpha value is -3.30. The van der Waals surface area contributed by atoms with Crippen molar-refractivity contribution in [2.45, 2.75) is 31.7 Å². The molecule has 0 spiro atoms. The molecule has 2 aliphatic rings. The van der Waals surface area contributed by atoms with Gasteiger partial charge >= 0.3 is 0 Å². The van der Waals surface area contributed by atoms with E-state index in [1.165, 1.54) is 18.2 Å². The maximum atomic E-state index is 13.4. The quantitative estimate of drug-likeness (QED) is 0.535. The third-order valence-electron chi connectivity index (χ3n) is 6.28. The average Bonchev–Trinajstić information content (AvgIpc) is 3.59. The first-order chi connectivity index (χ1) is 16.6. The van der Waals surface area contributed by atoms with Crippen molar-refractivity contribution in [1.29, 1.82) is 0 Å². The van der Waals surface area contributed by atoms with E-state index in [0.29, 0.717) is 11.5 Å². The number of H-pyrrole nitrogens is 2. The maximum absolute atomic E-state index is 13.4. The summed E-state index contributed by atoms with van der Waals surface area (Å²) in [4.78, 5) is 37.5. The molecule has 34 heavy (non-hydrogen) atoms. The lowest BCUT2D eigenvalue weighted by molar-refractivity contribution is 0.0369. The molecule has 178 valence electrons. The van der Waals surface area contributed by atoms with Crippen LogP contribution in [0.1, 0.15) is 42.1 Å². The highest BCUT2D eigenvalue weighted by Gasteiger charge is 2.29. The Morgan fingerprint density at radius 2 is 1.79 bits per heavy atom. The number of benzene rings is 1. The molecule has 0 amide bonds. The van der Waals surface area contributed by atoms with Crippen LogP contribution in [-0.4, -0.2) is 57.3 Å². The molecular formula is C25H28FN5O3. The van der Waals surface area contributed by atoms with Gasteiger partial charge in [0.25, 0.3) is 11.1 Å². The van der Waals surface area contributed by atoms with Crippen molar-refractivity contribution in [2.75, 3.05) is 32.8 Å². The summed E-state index contributed by atoms with van der Waals surface area (Å²) in [6.45, 7) is 5.41. The molecule has 1 saturated heterocycles. The Balaban J connectivity index is 1.40. The molecule has 1 aromatic carbocycles. The Morgan fingerprint density at radius 3 is 2.50 bits per heavy atom. The first-order valence-corrected chi connectivity index (χ1v) is 11.7. The van der Waals surface area contributed by atoms with Crippen LogP contribution in [-0.2, 0) is 11.3 Å². The third kappa shape index (κ3) is 5.26. The first-order valence-electron chi connectivity index (χ1n) is 11.7. The average molecular weight is 466 g/mol. The predicted octanol–water partition coefficient (Wildman–Crippen LogP) is 0.656. The van der Waals surface area contributed by atoms with E-state index >= 15 is 0 Å². The minimum atomic E-state index is -0.451. The highest BCUT2D eigenvalue weighted by molar-refractivity contribution is 5.50. The number of aromatic amines is 2. The molecule has 8 nitrogen and oxygen atoms in total. The van der Waals surface area contributed by atoms with Crippen molar-refractivity contribution >= 4 is 12.2 Å². The largest absolute Gasteiger partial charge is 0.379 e. The molecular weight excluding hydrogens is 437 g/mol. The molecule has 0 bridgehead atoms. The molecule has 1 aliphatic carbocycles.